The van der Waals surface area contributed by atoms with Crippen molar-refractivity contribution < 1.29 is 27.8 Å². The summed E-state index contributed by atoms with van der Waals surface area (Å²) in [7, 11) is 2.28. The van der Waals surface area contributed by atoms with Crippen LogP contribution in [-0.4, -0.2) is 30.4 Å². The normalized spacial score (nSPS) is 10.2. The van der Waals surface area contributed by atoms with Crippen molar-refractivity contribution in [1.29, 1.82) is 0 Å². The van der Waals surface area contributed by atoms with Crippen LogP contribution in [0.25, 0.3) is 0 Å². The minimum absolute atomic E-state index is 0.0656. The van der Waals surface area contributed by atoms with Crippen molar-refractivity contribution in [3.63, 3.8) is 0 Å². The number of esters is 1. The van der Waals surface area contributed by atoms with E-state index in [0.717, 1.165) is 26.4 Å². The lowest BCUT2D eigenvalue weighted by Gasteiger charge is -2.12. The van der Waals surface area contributed by atoms with Gasteiger partial charge in [0.05, 0.1) is 14.2 Å². The number of halogens is 3. The predicted octanol–water partition coefficient (Wildman–Crippen LogP) is 3.00. The van der Waals surface area contributed by atoms with Gasteiger partial charge in [0.25, 0.3) is 0 Å². The predicted molar refractivity (Wildman–Crippen MR) is 71.4 cm³/mol. The lowest BCUT2D eigenvalue weighted by atomic mass is 10.3. The Balaban J connectivity index is 2.49. The van der Waals surface area contributed by atoms with Gasteiger partial charge in [-0.2, -0.15) is 4.39 Å². The van der Waals surface area contributed by atoms with E-state index in [0.29, 0.717) is 0 Å². The highest BCUT2D eigenvalue weighted by atomic mass is 35.5. The van der Waals surface area contributed by atoms with Gasteiger partial charge in [-0.1, -0.05) is 11.6 Å². The molecule has 0 saturated carbocycles. The summed E-state index contributed by atoms with van der Waals surface area (Å²) in [5.41, 5.74) is -0.279. The zero-order chi connectivity index (χ0) is 16.3. The first-order valence-corrected chi connectivity index (χ1v) is 6.17. The number of hydrogen-bond donors (Lipinski definition) is 0. The number of rotatable bonds is 4. The van der Waals surface area contributed by atoms with Crippen LogP contribution in [-0.2, 0) is 4.74 Å². The van der Waals surface area contributed by atoms with Gasteiger partial charge in [-0.05, 0) is 12.1 Å². The molecule has 1 heterocycles. The Hall–Kier alpha value is -2.48. The molecule has 0 bridgehead atoms. The molecule has 0 aliphatic carbocycles. The van der Waals surface area contributed by atoms with E-state index in [9.17, 15) is 13.6 Å². The summed E-state index contributed by atoms with van der Waals surface area (Å²) in [6.45, 7) is 0. The minimum Gasteiger partial charge on any atom is -0.490 e. The summed E-state index contributed by atoms with van der Waals surface area (Å²) in [6.07, 6.45) is 0. The van der Waals surface area contributed by atoms with Gasteiger partial charge in [-0.3, -0.25) is 0 Å². The van der Waals surface area contributed by atoms with Crippen molar-refractivity contribution in [1.82, 2.24) is 10.2 Å². The lowest BCUT2D eigenvalue weighted by molar-refractivity contribution is 0.0589. The van der Waals surface area contributed by atoms with Crippen LogP contribution in [0.1, 0.15) is 10.5 Å². The quantitative estimate of drug-likeness (QED) is 0.803. The van der Waals surface area contributed by atoms with E-state index in [1.54, 1.807) is 0 Å². The SMILES string of the molecule is COC(=O)c1nnc(Cl)cc1Oc1ccc(F)c(F)c1OC. The van der Waals surface area contributed by atoms with Crippen molar-refractivity contribution in [2.45, 2.75) is 0 Å². The Kier molecular flexibility index (Phi) is 4.71. The monoisotopic (exact) mass is 330 g/mol. The van der Waals surface area contributed by atoms with Gasteiger partial charge in [0.1, 0.15) is 0 Å². The van der Waals surface area contributed by atoms with Crippen LogP contribution in [0.3, 0.4) is 0 Å². The van der Waals surface area contributed by atoms with Crippen molar-refractivity contribution in [3.8, 4) is 17.2 Å². The number of carbonyl (C=O) groups is 1. The number of nitrogens with zero attached hydrogens (tertiary/aromatic N) is 2. The van der Waals surface area contributed by atoms with E-state index in [4.69, 9.17) is 21.1 Å². The Morgan fingerprint density at radius 1 is 1.18 bits per heavy atom. The molecule has 2 rings (SSSR count). The third-order valence-corrected chi connectivity index (χ3v) is 2.73. The van der Waals surface area contributed by atoms with E-state index in [1.807, 2.05) is 0 Å². The fourth-order valence-corrected chi connectivity index (χ4v) is 1.71. The number of ether oxygens (including phenoxy) is 3. The fraction of sp³-hybridized carbons (Fsp3) is 0.154. The first-order valence-electron chi connectivity index (χ1n) is 5.79. The van der Waals surface area contributed by atoms with Crippen LogP contribution < -0.4 is 9.47 Å². The highest BCUT2D eigenvalue weighted by molar-refractivity contribution is 6.29. The second kappa shape index (κ2) is 6.52. The zero-order valence-electron chi connectivity index (χ0n) is 11.4. The molecule has 0 atom stereocenters. The molecule has 9 heteroatoms. The first kappa shape index (κ1) is 15.9. The Bertz CT molecular complexity index is 727. The zero-order valence-corrected chi connectivity index (χ0v) is 12.1. The Labute approximate surface area is 128 Å². The van der Waals surface area contributed by atoms with Crippen molar-refractivity contribution >= 4 is 17.6 Å². The van der Waals surface area contributed by atoms with Gasteiger partial charge < -0.3 is 14.2 Å². The van der Waals surface area contributed by atoms with Crippen LogP contribution in [0.5, 0.6) is 17.2 Å². The summed E-state index contributed by atoms with van der Waals surface area (Å²) >= 11 is 5.69. The molecule has 116 valence electrons. The maximum absolute atomic E-state index is 13.6. The summed E-state index contributed by atoms with van der Waals surface area (Å²) < 4.78 is 41.5. The molecular formula is C13H9ClF2N2O4. The van der Waals surface area contributed by atoms with Crippen LogP contribution in [0.2, 0.25) is 5.15 Å². The summed E-state index contributed by atoms with van der Waals surface area (Å²) in [5.74, 6) is -3.95. The second-order valence-electron chi connectivity index (χ2n) is 3.87. The van der Waals surface area contributed by atoms with Crippen LogP contribution in [0.4, 0.5) is 8.78 Å². The van der Waals surface area contributed by atoms with Gasteiger partial charge in [0.15, 0.2) is 22.5 Å². The van der Waals surface area contributed by atoms with E-state index in [2.05, 4.69) is 14.9 Å². The average molecular weight is 331 g/mol. The maximum Gasteiger partial charge on any atom is 0.362 e. The van der Waals surface area contributed by atoms with Gasteiger partial charge in [0.2, 0.25) is 17.3 Å². The number of hydrogen-bond acceptors (Lipinski definition) is 6. The molecule has 22 heavy (non-hydrogen) atoms. The topological polar surface area (TPSA) is 70.5 Å². The highest BCUT2D eigenvalue weighted by Gasteiger charge is 2.21. The molecule has 0 N–H and O–H groups in total. The van der Waals surface area contributed by atoms with Crippen molar-refractivity contribution in [2.75, 3.05) is 14.2 Å². The summed E-state index contributed by atoms with van der Waals surface area (Å²) in [6, 6.07) is 3.16. The molecule has 6 nitrogen and oxygen atoms in total. The summed E-state index contributed by atoms with van der Waals surface area (Å²) in [5, 5.41) is 6.98. The van der Waals surface area contributed by atoms with Crippen LogP contribution >= 0.6 is 11.6 Å². The molecule has 2 aromatic rings. The van der Waals surface area contributed by atoms with E-state index in [1.165, 1.54) is 6.07 Å². The number of carbonyl (C=O) groups excluding carboxylic acids is 1. The molecule has 0 aliphatic heterocycles. The summed E-state index contributed by atoms with van der Waals surface area (Å²) in [4.78, 5) is 11.6. The molecule has 0 radical (unpaired) electrons. The molecule has 0 aliphatic rings. The second-order valence-corrected chi connectivity index (χ2v) is 4.25. The Morgan fingerprint density at radius 2 is 1.91 bits per heavy atom. The minimum atomic E-state index is -1.23. The first-order chi connectivity index (χ1) is 10.5. The molecule has 0 amide bonds. The van der Waals surface area contributed by atoms with Gasteiger partial charge >= 0.3 is 5.97 Å². The molecule has 0 unspecified atom stereocenters. The van der Waals surface area contributed by atoms with Gasteiger partial charge in [0, 0.05) is 6.07 Å². The molecule has 1 aromatic carbocycles. The molecule has 0 saturated heterocycles. The number of benzene rings is 1. The smallest absolute Gasteiger partial charge is 0.362 e. The van der Waals surface area contributed by atoms with E-state index >= 15 is 0 Å². The molecule has 0 fully saturated rings. The van der Waals surface area contributed by atoms with Crippen LogP contribution in [0.15, 0.2) is 18.2 Å². The largest absolute Gasteiger partial charge is 0.490 e. The maximum atomic E-state index is 13.6. The average Bonchev–Trinajstić information content (AvgIpc) is 2.51. The van der Waals surface area contributed by atoms with Crippen molar-refractivity contribution in [2.24, 2.45) is 0 Å². The lowest BCUT2D eigenvalue weighted by Crippen LogP contribution is -2.08. The van der Waals surface area contributed by atoms with Gasteiger partial charge in [-0.15, -0.1) is 10.2 Å². The van der Waals surface area contributed by atoms with E-state index in [-0.39, 0.29) is 22.3 Å². The third-order valence-electron chi connectivity index (χ3n) is 2.55. The Morgan fingerprint density at radius 3 is 2.55 bits per heavy atom. The highest BCUT2D eigenvalue weighted by Crippen LogP contribution is 2.36. The molecular weight excluding hydrogens is 322 g/mol. The number of aromatic nitrogens is 2. The van der Waals surface area contributed by atoms with Crippen molar-refractivity contribution in [3.05, 3.63) is 40.7 Å². The van der Waals surface area contributed by atoms with Gasteiger partial charge in [-0.25, -0.2) is 9.18 Å². The third kappa shape index (κ3) is 3.06. The number of methoxy groups -OCH3 is 2. The fourth-order valence-electron chi connectivity index (χ4n) is 1.57. The standard InChI is InChI=1S/C13H9ClF2N2O4/c1-20-12-7(4-3-6(15)10(12)16)22-8-5-9(14)17-18-11(8)13(19)21-2/h3-5H,1-2H3. The van der Waals surface area contributed by atoms with Crippen LogP contribution in [0, 0.1) is 11.6 Å². The molecule has 0 spiro atoms. The molecule has 1 aromatic heterocycles. The van der Waals surface area contributed by atoms with E-state index < -0.39 is 23.4 Å².